The topological polar surface area (TPSA) is 39.2 Å². The quantitative estimate of drug-likeness (QED) is 0.824. The summed E-state index contributed by atoms with van der Waals surface area (Å²) in [6, 6.07) is 1.96. The molecule has 1 aromatic rings. The first-order valence-electron chi connectivity index (χ1n) is 3.36. The molecule has 11 heavy (non-hydrogen) atoms. The zero-order valence-corrected chi connectivity index (χ0v) is 7.84. The van der Waals surface area contributed by atoms with E-state index in [0.717, 1.165) is 10.2 Å². The molecule has 2 N–H and O–H groups in total. The molecule has 1 aromatic heterocycles. The highest BCUT2D eigenvalue weighted by atomic mass is 79.9. The standard InChI is InChI=1S/C8H10BrNO/c1-6(10)2-3-8-4-7(9)5-11-8/h2-6H,10H2,1H3/b3-2+. The van der Waals surface area contributed by atoms with Gasteiger partial charge in [0.2, 0.25) is 0 Å². The van der Waals surface area contributed by atoms with Crippen LogP contribution in [0.4, 0.5) is 0 Å². The lowest BCUT2D eigenvalue weighted by molar-refractivity contribution is 0.555. The van der Waals surface area contributed by atoms with Gasteiger partial charge in [0, 0.05) is 6.04 Å². The van der Waals surface area contributed by atoms with Gasteiger partial charge in [-0.2, -0.15) is 0 Å². The van der Waals surface area contributed by atoms with Crippen LogP contribution in [-0.2, 0) is 0 Å². The second-order valence-electron chi connectivity index (χ2n) is 2.39. The van der Waals surface area contributed by atoms with Gasteiger partial charge in [-0.3, -0.25) is 0 Å². The minimum Gasteiger partial charge on any atom is -0.464 e. The predicted octanol–water partition coefficient (Wildman–Crippen LogP) is 2.40. The van der Waals surface area contributed by atoms with Gasteiger partial charge < -0.3 is 10.2 Å². The molecule has 1 heterocycles. The van der Waals surface area contributed by atoms with E-state index in [1.807, 2.05) is 25.1 Å². The van der Waals surface area contributed by atoms with Gasteiger partial charge in [-0.1, -0.05) is 6.08 Å². The summed E-state index contributed by atoms with van der Waals surface area (Å²) in [5.41, 5.74) is 5.51. The first-order valence-corrected chi connectivity index (χ1v) is 4.15. The molecule has 0 amide bonds. The van der Waals surface area contributed by atoms with Crippen molar-refractivity contribution < 1.29 is 4.42 Å². The first kappa shape index (κ1) is 8.56. The molecule has 0 spiro atoms. The maximum absolute atomic E-state index is 5.51. The van der Waals surface area contributed by atoms with Crippen LogP contribution in [0.25, 0.3) is 6.08 Å². The van der Waals surface area contributed by atoms with Crippen LogP contribution in [0.2, 0.25) is 0 Å². The fraction of sp³-hybridized carbons (Fsp3) is 0.250. The molecule has 0 aliphatic carbocycles. The molecule has 1 unspecified atom stereocenters. The average Bonchev–Trinajstić information content (AvgIpc) is 2.31. The molecule has 0 radical (unpaired) electrons. The highest BCUT2D eigenvalue weighted by Gasteiger charge is 1.93. The summed E-state index contributed by atoms with van der Waals surface area (Å²) in [5.74, 6) is 0.814. The Labute approximate surface area is 74.2 Å². The van der Waals surface area contributed by atoms with Gasteiger partial charge in [0.15, 0.2) is 0 Å². The third-order valence-electron chi connectivity index (χ3n) is 1.15. The van der Waals surface area contributed by atoms with Gasteiger partial charge in [-0.05, 0) is 35.0 Å². The van der Waals surface area contributed by atoms with Crippen molar-refractivity contribution in [2.24, 2.45) is 5.73 Å². The number of halogens is 1. The fourth-order valence-corrected chi connectivity index (χ4v) is 0.981. The molecule has 0 fully saturated rings. The summed E-state index contributed by atoms with van der Waals surface area (Å²) in [6.45, 7) is 1.91. The van der Waals surface area contributed by atoms with Crippen molar-refractivity contribution in [1.29, 1.82) is 0 Å². The van der Waals surface area contributed by atoms with E-state index >= 15 is 0 Å². The van der Waals surface area contributed by atoms with Gasteiger partial charge in [-0.25, -0.2) is 0 Å². The normalized spacial score (nSPS) is 14.1. The van der Waals surface area contributed by atoms with Gasteiger partial charge >= 0.3 is 0 Å². The lowest BCUT2D eigenvalue weighted by atomic mass is 10.3. The van der Waals surface area contributed by atoms with E-state index in [2.05, 4.69) is 15.9 Å². The number of hydrogen-bond donors (Lipinski definition) is 1. The Balaban J connectivity index is 2.64. The SMILES string of the molecule is CC(N)/C=C/c1cc(Br)co1. The Kier molecular flexibility index (Phi) is 2.91. The molecule has 0 aromatic carbocycles. The van der Waals surface area contributed by atoms with Crippen LogP contribution in [0, 0.1) is 0 Å². The monoisotopic (exact) mass is 215 g/mol. The Hall–Kier alpha value is -0.540. The molecule has 1 atom stereocenters. The number of nitrogens with two attached hydrogens (primary N) is 1. The van der Waals surface area contributed by atoms with Crippen molar-refractivity contribution in [2.45, 2.75) is 13.0 Å². The van der Waals surface area contributed by atoms with Gasteiger partial charge in [0.05, 0.1) is 4.47 Å². The third kappa shape index (κ3) is 2.91. The summed E-state index contributed by atoms with van der Waals surface area (Å²) in [6.07, 6.45) is 5.38. The Morgan fingerprint density at radius 1 is 1.73 bits per heavy atom. The van der Waals surface area contributed by atoms with E-state index < -0.39 is 0 Å². The van der Waals surface area contributed by atoms with Gasteiger partial charge in [0.1, 0.15) is 12.0 Å². The van der Waals surface area contributed by atoms with Crippen molar-refractivity contribution >= 4 is 22.0 Å². The molecule has 0 bridgehead atoms. The minimum absolute atomic E-state index is 0.0684. The van der Waals surface area contributed by atoms with Gasteiger partial charge in [0.25, 0.3) is 0 Å². The molecule has 3 heteroatoms. The van der Waals surface area contributed by atoms with E-state index in [-0.39, 0.29) is 6.04 Å². The zero-order chi connectivity index (χ0) is 8.27. The van der Waals surface area contributed by atoms with E-state index in [1.165, 1.54) is 0 Å². The van der Waals surface area contributed by atoms with Crippen molar-refractivity contribution in [2.75, 3.05) is 0 Å². The number of rotatable bonds is 2. The van der Waals surface area contributed by atoms with E-state index in [9.17, 15) is 0 Å². The average molecular weight is 216 g/mol. The molecular weight excluding hydrogens is 206 g/mol. The smallest absolute Gasteiger partial charge is 0.127 e. The maximum Gasteiger partial charge on any atom is 0.127 e. The van der Waals surface area contributed by atoms with Crippen molar-refractivity contribution in [3.63, 3.8) is 0 Å². The largest absolute Gasteiger partial charge is 0.464 e. The van der Waals surface area contributed by atoms with Crippen LogP contribution in [0.1, 0.15) is 12.7 Å². The first-order chi connectivity index (χ1) is 5.18. The second kappa shape index (κ2) is 3.74. The lowest BCUT2D eigenvalue weighted by Gasteiger charge is -1.91. The summed E-state index contributed by atoms with van der Waals surface area (Å²) in [4.78, 5) is 0. The molecule has 0 aliphatic heterocycles. The van der Waals surface area contributed by atoms with Crippen molar-refractivity contribution in [3.8, 4) is 0 Å². The van der Waals surface area contributed by atoms with Crippen molar-refractivity contribution in [1.82, 2.24) is 0 Å². The number of hydrogen-bond acceptors (Lipinski definition) is 2. The molecule has 2 nitrogen and oxygen atoms in total. The Morgan fingerprint density at radius 2 is 2.45 bits per heavy atom. The van der Waals surface area contributed by atoms with Crippen LogP contribution < -0.4 is 5.73 Å². The summed E-state index contributed by atoms with van der Waals surface area (Å²) in [7, 11) is 0. The lowest BCUT2D eigenvalue weighted by Crippen LogP contribution is -2.09. The van der Waals surface area contributed by atoms with Crippen LogP contribution >= 0.6 is 15.9 Å². The molecule has 0 saturated carbocycles. The highest BCUT2D eigenvalue weighted by molar-refractivity contribution is 9.10. The van der Waals surface area contributed by atoms with Crippen molar-refractivity contribution in [3.05, 3.63) is 28.6 Å². The molecule has 60 valence electrons. The summed E-state index contributed by atoms with van der Waals surface area (Å²) >= 11 is 3.28. The van der Waals surface area contributed by atoms with Crippen LogP contribution in [0.5, 0.6) is 0 Å². The van der Waals surface area contributed by atoms with Crippen LogP contribution in [-0.4, -0.2) is 6.04 Å². The Bertz CT molecular complexity index is 252. The molecular formula is C8H10BrNO. The van der Waals surface area contributed by atoms with Gasteiger partial charge in [-0.15, -0.1) is 0 Å². The maximum atomic E-state index is 5.51. The van der Waals surface area contributed by atoms with E-state index in [4.69, 9.17) is 10.2 Å². The highest BCUT2D eigenvalue weighted by Crippen LogP contribution is 2.14. The fourth-order valence-electron chi connectivity index (χ4n) is 0.662. The second-order valence-corrected chi connectivity index (χ2v) is 3.30. The van der Waals surface area contributed by atoms with Crippen LogP contribution in [0.3, 0.4) is 0 Å². The minimum atomic E-state index is 0.0684. The molecule has 1 rings (SSSR count). The Morgan fingerprint density at radius 3 is 2.91 bits per heavy atom. The molecule has 0 saturated heterocycles. The zero-order valence-electron chi connectivity index (χ0n) is 6.25. The van der Waals surface area contributed by atoms with Crippen LogP contribution in [0.15, 0.2) is 27.3 Å². The van der Waals surface area contributed by atoms with E-state index in [1.54, 1.807) is 6.26 Å². The third-order valence-corrected chi connectivity index (χ3v) is 1.57. The summed E-state index contributed by atoms with van der Waals surface area (Å²) in [5, 5.41) is 0. The number of furan rings is 1. The van der Waals surface area contributed by atoms with E-state index in [0.29, 0.717) is 0 Å². The predicted molar refractivity (Wildman–Crippen MR) is 49.1 cm³/mol. The molecule has 0 aliphatic rings. The summed E-state index contributed by atoms with van der Waals surface area (Å²) < 4.78 is 6.07.